The normalized spacial score (nSPS) is 20.1. The topological polar surface area (TPSA) is 15.3 Å². The van der Waals surface area contributed by atoms with Crippen LogP contribution in [0.15, 0.2) is 16.6 Å². The summed E-state index contributed by atoms with van der Waals surface area (Å²) in [5, 5.41) is 4.84. The van der Waals surface area contributed by atoms with E-state index in [1.807, 2.05) is 12.1 Å². The van der Waals surface area contributed by atoms with Gasteiger partial charge < -0.3 is 10.2 Å². The van der Waals surface area contributed by atoms with Crippen LogP contribution in [0.5, 0.6) is 0 Å². The van der Waals surface area contributed by atoms with Crippen molar-refractivity contribution in [1.29, 1.82) is 0 Å². The molecule has 1 aromatic carbocycles. The van der Waals surface area contributed by atoms with Crippen molar-refractivity contribution < 1.29 is 0 Å². The van der Waals surface area contributed by atoms with Crippen molar-refractivity contribution in [3.63, 3.8) is 0 Å². The molecule has 1 atom stereocenters. The molecule has 5 heteroatoms. The molecule has 1 aliphatic rings. The van der Waals surface area contributed by atoms with Crippen molar-refractivity contribution in [1.82, 2.24) is 5.32 Å². The lowest BCUT2D eigenvalue weighted by Crippen LogP contribution is -2.48. The molecular weight excluding hydrogens is 347 g/mol. The van der Waals surface area contributed by atoms with Gasteiger partial charge >= 0.3 is 0 Å². The molecule has 0 amide bonds. The summed E-state index contributed by atoms with van der Waals surface area (Å²) in [7, 11) is 0. The smallest absolute Gasteiger partial charge is 0.0837 e. The quantitative estimate of drug-likeness (QED) is 0.779. The summed E-state index contributed by atoms with van der Waals surface area (Å²) in [6.45, 7) is 6.38. The van der Waals surface area contributed by atoms with Gasteiger partial charge in [0.15, 0.2) is 0 Å². The van der Waals surface area contributed by atoms with Crippen molar-refractivity contribution in [2.75, 3.05) is 18.0 Å². The molecule has 2 nitrogen and oxygen atoms in total. The number of hydrogen-bond donors (Lipinski definition) is 1. The lowest BCUT2D eigenvalue weighted by molar-refractivity contribution is 0.395. The third-order valence-electron chi connectivity index (χ3n) is 3.35. The molecule has 1 unspecified atom stereocenters. The molecule has 0 saturated carbocycles. The molecule has 1 N–H and O–H groups in total. The molecule has 2 rings (SSSR count). The first kappa shape index (κ1) is 15.4. The minimum atomic E-state index is 0.508. The molecule has 0 radical (unpaired) electrons. The average molecular weight is 366 g/mol. The number of piperidine rings is 1. The third-order valence-corrected chi connectivity index (χ3v) is 5.11. The van der Waals surface area contributed by atoms with Gasteiger partial charge in [-0.3, -0.25) is 0 Å². The van der Waals surface area contributed by atoms with Crippen molar-refractivity contribution in [2.45, 2.75) is 38.8 Å². The zero-order valence-electron chi connectivity index (χ0n) is 11.2. The Labute approximate surface area is 133 Å². The maximum atomic E-state index is 6.36. The fraction of sp³-hybridized carbons (Fsp3) is 0.571. The highest BCUT2D eigenvalue weighted by Crippen LogP contribution is 2.38. The van der Waals surface area contributed by atoms with Crippen LogP contribution >= 0.6 is 39.1 Å². The van der Waals surface area contributed by atoms with Gasteiger partial charge in [0.25, 0.3) is 0 Å². The zero-order valence-corrected chi connectivity index (χ0v) is 14.3. The predicted octanol–water partition coefficient (Wildman–Crippen LogP) is 4.72. The van der Waals surface area contributed by atoms with E-state index in [2.05, 4.69) is 40.0 Å². The highest BCUT2D eigenvalue weighted by Gasteiger charge is 2.23. The van der Waals surface area contributed by atoms with E-state index in [1.54, 1.807) is 0 Å². The first-order valence-corrected chi connectivity index (χ1v) is 8.18. The van der Waals surface area contributed by atoms with Crippen molar-refractivity contribution >= 4 is 44.8 Å². The number of halogens is 3. The second-order valence-corrected chi connectivity index (χ2v) is 6.91. The van der Waals surface area contributed by atoms with E-state index in [0.29, 0.717) is 22.1 Å². The molecule has 19 heavy (non-hydrogen) atoms. The van der Waals surface area contributed by atoms with E-state index in [-0.39, 0.29) is 0 Å². The first-order valence-electron chi connectivity index (χ1n) is 6.63. The molecule has 1 heterocycles. The lowest BCUT2D eigenvalue weighted by Gasteiger charge is -2.36. The summed E-state index contributed by atoms with van der Waals surface area (Å²) in [5.74, 6) is 0. The highest BCUT2D eigenvalue weighted by molar-refractivity contribution is 9.10. The first-order chi connectivity index (χ1) is 8.99. The van der Waals surface area contributed by atoms with E-state index in [4.69, 9.17) is 23.2 Å². The van der Waals surface area contributed by atoms with Crippen LogP contribution < -0.4 is 10.2 Å². The fourth-order valence-electron chi connectivity index (χ4n) is 2.56. The molecule has 1 saturated heterocycles. The molecule has 0 spiro atoms. The minimum Gasteiger partial charge on any atom is -0.369 e. The Hall–Kier alpha value is 0.0400. The molecule has 1 fully saturated rings. The average Bonchev–Trinajstić information content (AvgIpc) is 2.36. The Morgan fingerprint density at radius 2 is 2.05 bits per heavy atom. The number of nitrogens with zero attached hydrogens (tertiary/aromatic N) is 1. The van der Waals surface area contributed by atoms with Gasteiger partial charge in [-0.2, -0.15) is 0 Å². The highest BCUT2D eigenvalue weighted by atomic mass is 79.9. The van der Waals surface area contributed by atoms with Crippen molar-refractivity contribution in [3.05, 3.63) is 26.7 Å². The Bertz CT molecular complexity index is 451. The second kappa shape index (κ2) is 6.66. The largest absolute Gasteiger partial charge is 0.369 e. The van der Waals surface area contributed by atoms with Gasteiger partial charge in [-0.1, -0.05) is 37.0 Å². The molecule has 0 aliphatic carbocycles. The Morgan fingerprint density at radius 1 is 1.32 bits per heavy atom. The summed E-state index contributed by atoms with van der Waals surface area (Å²) < 4.78 is 0.844. The van der Waals surface area contributed by atoms with Gasteiger partial charge in [0.05, 0.1) is 15.7 Å². The second-order valence-electron chi connectivity index (χ2n) is 5.30. The number of rotatable bonds is 3. The monoisotopic (exact) mass is 364 g/mol. The number of nitrogens with one attached hydrogen (secondary N) is 1. The van der Waals surface area contributed by atoms with Crippen LogP contribution in [0, 0.1) is 0 Å². The van der Waals surface area contributed by atoms with Crippen LogP contribution in [0.4, 0.5) is 5.69 Å². The third kappa shape index (κ3) is 3.78. The van der Waals surface area contributed by atoms with E-state index in [1.165, 1.54) is 12.8 Å². The predicted molar refractivity (Wildman–Crippen MR) is 87.7 cm³/mol. The molecule has 106 valence electrons. The molecule has 0 bridgehead atoms. The number of hydrogen-bond acceptors (Lipinski definition) is 2. The fourth-order valence-corrected chi connectivity index (χ4v) is 3.45. The van der Waals surface area contributed by atoms with E-state index >= 15 is 0 Å². The van der Waals surface area contributed by atoms with Crippen LogP contribution in [-0.4, -0.2) is 25.2 Å². The summed E-state index contributed by atoms with van der Waals surface area (Å²) in [4.78, 5) is 2.32. The van der Waals surface area contributed by atoms with Crippen molar-refractivity contribution in [3.8, 4) is 0 Å². The Kier molecular flexibility index (Phi) is 5.41. The summed E-state index contributed by atoms with van der Waals surface area (Å²) in [6, 6.07) is 5.03. The number of anilines is 1. The van der Waals surface area contributed by atoms with Gasteiger partial charge in [0, 0.05) is 29.6 Å². The minimum absolute atomic E-state index is 0.508. The SMILES string of the molecule is CC(C)NC1CCCN(c2ccc(Br)c(Cl)c2Cl)C1. The van der Waals surface area contributed by atoms with Gasteiger partial charge in [0.1, 0.15) is 0 Å². The summed E-state index contributed by atoms with van der Waals surface area (Å²) in [5.41, 5.74) is 1.03. The Morgan fingerprint density at radius 3 is 2.74 bits per heavy atom. The maximum absolute atomic E-state index is 6.36. The van der Waals surface area contributed by atoms with Crippen molar-refractivity contribution in [2.24, 2.45) is 0 Å². The van der Waals surface area contributed by atoms with Crippen LogP contribution in [0.25, 0.3) is 0 Å². The maximum Gasteiger partial charge on any atom is 0.0837 e. The van der Waals surface area contributed by atoms with E-state index in [9.17, 15) is 0 Å². The van der Waals surface area contributed by atoms with E-state index < -0.39 is 0 Å². The van der Waals surface area contributed by atoms with Gasteiger partial charge in [-0.15, -0.1) is 0 Å². The number of benzene rings is 1. The van der Waals surface area contributed by atoms with Crippen LogP contribution in [0.3, 0.4) is 0 Å². The van der Waals surface area contributed by atoms with Gasteiger partial charge in [0.2, 0.25) is 0 Å². The van der Waals surface area contributed by atoms with Crippen LogP contribution in [0.2, 0.25) is 10.0 Å². The van der Waals surface area contributed by atoms with Gasteiger partial charge in [-0.25, -0.2) is 0 Å². The van der Waals surface area contributed by atoms with E-state index in [0.717, 1.165) is 23.2 Å². The molecular formula is C14H19BrCl2N2. The molecule has 1 aromatic rings. The van der Waals surface area contributed by atoms with Crippen LogP contribution in [0.1, 0.15) is 26.7 Å². The van der Waals surface area contributed by atoms with Crippen LogP contribution in [-0.2, 0) is 0 Å². The molecule has 1 aliphatic heterocycles. The Balaban J connectivity index is 2.15. The standard InChI is InChI=1S/C14H19BrCl2N2/c1-9(2)18-10-4-3-7-19(8-10)12-6-5-11(15)13(16)14(12)17/h5-6,9-10,18H,3-4,7-8H2,1-2H3. The lowest BCUT2D eigenvalue weighted by atomic mass is 10.0. The molecule has 0 aromatic heterocycles. The van der Waals surface area contributed by atoms with Gasteiger partial charge in [-0.05, 0) is 40.9 Å². The summed E-state index contributed by atoms with van der Waals surface area (Å²) in [6.07, 6.45) is 2.39. The zero-order chi connectivity index (χ0) is 14.0. The summed E-state index contributed by atoms with van der Waals surface area (Å²) >= 11 is 16.0.